The van der Waals surface area contributed by atoms with Crippen LogP contribution in [0.1, 0.15) is 96.0 Å². The summed E-state index contributed by atoms with van der Waals surface area (Å²) >= 11 is 3.50. The fourth-order valence-corrected chi connectivity index (χ4v) is 9.44. The summed E-state index contributed by atoms with van der Waals surface area (Å²) in [5.41, 5.74) is 14.1. The van der Waals surface area contributed by atoms with E-state index in [-0.39, 0.29) is 129 Å². The van der Waals surface area contributed by atoms with Gasteiger partial charge in [0.15, 0.2) is 0 Å². The van der Waals surface area contributed by atoms with Crippen molar-refractivity contribution in [2.24, 2.45) is 11.5 Å². The zero-order chi connectivity index (χ0) is 43.5. The van der Waals surface area contributed by atoms with Gasteiger partial charge < -0.3 is 56.8 Å². The number of carbonyl (C=O) groups is 3. The number of fused-ring (bicyclic) bond motifs is 2. The predicted molar refractivity (Wildman–Crippen MR) is 230 cm³/mol. The first-order chi connectivity index (χ1) is 30.1. The van der Waals surface area contributed by atoms with E-state index in [0.717, 1.165) is 110 Å². The van der Waals surface area contributed by atoms with Gasteiger partial charge in [-0.2, -0.15) is 0 Å². The number of nitrogens with zero attached hydrogens (tertiary/aromatic N) is 3. The van der Waals surface area contributed by atoms with Gasteiger partial charge in [-0.3, -0.25) is 19.5 Å². The number of carbonyl (C=O) groups excluding carboxylic acids is 3. The van der Waals surface area contributed by atoms with E-state index in [9.17, 15) is 9.59 Å². The van der Waals surface area contributed by atoms with E-state index in [1.165, 1.54) is 44.9 Å². The number of rotatable bonds is 4. The zero-order valence-electron chi connectivity index (χ0n) is 38.5. The number of hydrogen-bond acceptors (Lipinski definition) is 15. The molecule has 7 fully saturated rings. The number of alkyl carbamates (subject to hydrolysis) is 1. The molecule has 2 spiro atoms. The van der Waals surface area contributed by atoms with Gasteiger partial charge in [0.1, 0.15) is 24.7 Å². The van der Waals surface area contributed by atoms with Crippen LogP contribution in [0.5, 0.6) is 11.5 Å². The maximum absolute atomic E-state index is 11.7. The molecule has 4 saturated heterocycles. The quantitative estimate of drug-likeness (QED) is 0.141. The third-order valence-electron chi connectivity index (χ3n) is 13.3. The monoisotopic (exact) mass is 1010 g/mol. The minimum Gasteiger partial charge on any atom is -1.00 e. The van der Waals surface area contributed by atoms with Crippen molar-refractivity contribution < 1.29 is 157 Å². The molecule has 17 nitrogen and oxygen atoms in total. The van der Waals surface area contributed by atoms with Crippen LogP contribution in [0.25, 0.3) is 0 Å². The molecule has 2 atom stereocenters. The van der Waals surface area contributed by atoms with Crippen LogP contribution in [0.3, 0.4) is 0 Å². The van der Waals surface area contributed by atoms with Crippen LogP contribution in [0, 0.1) is 0 Å². The average molecular weight is 1010 g/mol. The van der Waals surface area contributed by atoms with Crippen molar-refractivity contribution in [3.05, 3.63) is 52.0 Å². The minimum atomic E-state index is -0.471. The fraction of sp³-hybridized carbons (Fsp3) is 0.659. The Labute approximate surface area is 471 Å². The molecule has 2 amide bonds. The summed E-state index contributed by atoms with van der Waals surface area (Å²) in [7, 11) is 0. The number of amides is 2. The van der Waals surface area contributed by atoms with Gasteiger partial charge in [-0.25, -0.2) is 9.59 Å². The molecule has 344 valence electrons. The van der Waals surface area contributed by atoms with Crippen molar-refractivity contribution >= 4 is 40.3 Å². The number of anilines is 1. The Morgan fingerprint density at radius 1 is 0.734 bits per heavy atom. The molecule has 9 aliphatic rings. The van der Waals surface area contributed by atoms with Crippen LogP contribution in [0.4, 0.5) is 15.3 Å². The van der Waals surface area contributed by atoms with Crippen molar-refractivity contribution in [1.29, 1.82) is 0 Å². The Hall–Kier alpha value is -0.477. The molecule has 11 rings (SSSR count). The third-order valence-corrected chi connectivity index (χ3v) is 13.8. The van der Waals surface area contributed by atoms with E-state index in [0.29, 0.717) is 51.6 Å². The molecule has 0 radical (unpaired) electrons. The number of cyclic esters (lactones) is 2. The van der Waals surface area contributed by atoms with Crippen LogP contribution in [-0.2, 0) is 41.8 Å². The van der Waals surface area contributed by atoms with Gasteiger partial charge in [0.05, 0.1) is 26.3 Å². The molecule has 0 bridgehead atoms. The standard InChI is InChI=1S/C19H24N2O4.C16H20BrNO2.C5H12N2.C3H5NO2.CH2O3.2K.H/c22-18-21(10-11-23-18)16-4-5-17-14(12-16)13-24-19(25-17)6-8-20(9-7-19)15-2-1-3-15;17-13-4-5-15-12(10-13)11-19-16(20-15)6-8-18(9-7-16)14-2-1-3-14;6-4-2-1-3-5(4)7;5-3-4-1-2-6-3;2-1-4-3;;;/h4-5,12,15H,1-3,6-11,13H2;4-5,10,14H,1-3,6-9,11H2;4-5H,1-3,6-7H2;1-2H2,(H,4,5);1,3H;;;/q;;;;;2*+1;-1/p-1/t;;4-,5-;;;;;/m..0...../s1. The van der Waals surface area contributed by atoms with Crippen LogP contribution >= 0.6 is 15.9 Å². The summed E-state index contributed by atoms with van der Waals surface area (Å²) in [5.74, 6) is 1.04. The number of likely N-dealkylation sites (tertiary alicyclic amines) is 2. The van der Waals surface area contributed by atoms with E-state index >= 15 is 0 Å². The van der Waals surface area contributed by atoms with Gasteiger partial charge in [0.25, 0.3) is 6.47 Å². The number of piperidine rings is 2. The number of hydrogen-bond donors (Lipinski definition) is 3. The molecule has 3 saturated carbocycles. The van der Waals surface area contributed by atoms with E-state index in [2.05, 4.69) is 52.8 Å². The fourth-order valence-electron chi connectivity index (χ4n) is 9.03. The molecule has 3 aliphatic carbocycles. The SMILES string of the molecule is Brc1ccc2c(c1)COC1(CCN(C3CCC3)CC1)O2.N[C@H]1CCC[C@@H]1N.O=C1NCCO1.O=C1OCCN1c1ccc2c(c1)COC1(CCN(C3CCC3)CC1)O2.O=CO[O-].[H-].[K+].[K+]. The second kappa shape index (κ2) is 26.5. The zero-order valence-corrected chi connectivity index (χ0v) is 45.3. The van der Waals surface area contributed by atoms with E-state index in [1.54, 1.807) is 4.90 Å². The van der Waals surface area contributed by atoms with Crippen molar-refractivity contribution in [3.63, 3.8) is 0 Å². The summed E-state index contributed by atoms with van der Waals surface area (Å²) in [6.45, 7) is 7.58. The Morgan fingerprint density at radius 3 is 1.61 bits per heavy atom. The van der Waals surface area contributed by atoms with Crippen LogP contribution < -0.4 is 139 Å². The van der Waals surface area contributed by atoms with Crippen molar-refractivity contribution in [1.82, 2.24) is 15.1 Å². The maximum Gasteiger partial charge on any atom is 1.00 e. The predicted octanol–water partition coefficient (Wildman–Crippen LogP) is -1.29. The van der Waals surface area contributed by atoms with E-state index in [1.807, 2.05) is 24.3 Å². The number of halogens is 1. The maximum atomic E-state index is 11.7. The van der Waals surface area contributed by atoms with Gasteiger partial charge in [-0.15, -0.1) is 0 Å². The van der Waals surface area contributed by atoms with Gasteiger partial charge in [-0.1, -0.05) is 35.2 Å². The third kappa shape index (κ3) is 14.8. The summed E-state index contributed by atoms with van der Waals surface area (Å²) in [4.78, 5) is 39.8. The second-order valence-electron chi connectivity index (χ2n) is 17.2. The molecule has 2 aromatic carbocycles. The smallest absolute Gasteiger partial charge is 1.00 e. The topological polar surface area (TPSA) is 213 Å². The van der Waals surface area contributed by atoms with E-state index < -0.39 is 5.79 Å². The van der Waals surface area contributed by atoms with Crippen LogP contribution in [0.15, 0.2) is 40.9 Å². The van der Waals surface area contributed by atoms with Crippen LogP contribution in [-0.4, -0.2) is 117 Å². The summed E-state index contributed by atoms with van der Waals surface area (Å²) in [6.07, 6.45) is 14.9. The first kappa shape index (κ1) is 54.5. The Kier molecular flexibility index (Phi) is 22.5. The molecular weight excluding hydrogens is 947 g/mol. The average Bonchev–Trinajstić information content (AvgIpc) is 4.01. The number of nitrogens with one attached hydrogen (secondary N) is 1. The summed E-state index contributed by atoms with van der Waals surface area (Å²) in [6, 6.07) is 14.3. The molecular formula is C44H63BrK2N6O11. The number of nitrogens with two attached hydrogens (primary N) is 2. The number of ether oxygens (including phenoxy) is 6. The molecule has 64 heavy (non-hydrogen) atoms. The largest absolute Gasteiger partial charge is 1.00 e. The summed E-state index contributed by atoms with van der Waals surface area (Å²) < 4.78 is 35.3. The Bertz CT molecular complexity index is 1810. The molecule has 6 aliphatic heterocycles. The van der Waals surface area contributed by atoms with Crippen molar-refractivity contribution in [2.45, 2.75) is 132 Å². The molecule has 0 aromatic heterocycles. The molecule has 2 aromatic rings. The Balaban J connectivity index is 0.000000205. The Morgan fingerprint density at radius 2 is 1.23 bits per heavy atom. The minimum absolute atomic E-state index is 0. The second-order valence-corrected chi connectivity index (χ2v) is 18.1. The molecule has 6 heterocycles. The van der Waals surface area contributed by atoms with Gasteiger partial charge in [0, 0.05) is 97.3 Å². The van der Waals surface area contributed by atoms with E-state index in [4.69, 9.17) is 45.2 Å². The first-order valence-corrected chi connectivity index (χ1v) is 23.0. The van der Waals surface area contributed by atoms with Gasteiger partial charge in [0.2, 0.25) is 11.6 Å². The number of benzene rings is 2. The van der Waals surface area contributed by atoms with Crippen molar-refractivity contribution in [3.8, 4) is 11.5 Å². The normalized spacial score (nSPS) is 25.0. The van der Waals surface area contributed by atoms with Crippen LogP contribution in [0.2, 0.25) is 0 Å². The van der Waals surface area contributed by atoms with Crippen molar-refractivity contribution in [2.75, 3.05) is 57.4 Å². The van der Waals surface area contributed by atoms with Gasteiger partial charge >= 0.3 is 115 Å². The van der Waals surface area contributed by atoms with Gasteiger partial charge in [-0.05, 0) is 74.9 Å². The first-order valence-electron chi connectivity index (χ1n) is 22.2. The molecule has 5 N–H and O–H groups in total. The molecule has 20 heteroatoms. The molecule has 0 unspecified atom stereocenters. The summed E-state index contributed by atoms with van der Waals surface area (Å²) in [5, 5.41) is 10.9.